The minimum Gasteiger partial charge on any atom is -0.352 e. The van der Waals surface area contributed by atoms with Crippen molar-refractivity contribution < 1.29 is 4.79 Å². The summed E-state index contributed by atoms with van der Waals surface area (Å²) in [6.07, 6.45) is 1.01. The van der Waals surface area contributed by atoms with Crippen LogP contribution in [0.3, 0.4) is 0 Å². The van der Waals surface area contributed by atoms with E-state index in [1.165, 1.54) is 5.56 Å². The van der Waals surface area contributed by atoms with E-state index in [4.69, 9.17) is 0 Å². The van der Waals surface area contributed by atoms with Crippen molar-refractivity contribution in [3.05, 3.63) is 35.4 Å². The minimum absolute atomic E-state index is 0. The van der Waals surface area contributed by atoms with Crippen LogP contribution in [0.1, 0.15) is 22.3 Å². The van der Waals surface area contributed by atoms with E-state index in [2.05, 4.69) is 38.4 Å². The summed E-state index contributed by atoms with van der Waals surface area (Å²) in [5, 5.41) is 6.44. The van der Waals surface area contributed by atoms with Crippen LogP contribution in [0.2, 0.25) is 0 Å². The topological polar surface area (TPSA) is 50.9 Å². The molecule has 0 spiro atoms. The summed E-state index contributed by atoms with van der Waals surface area (Å²) >= 11 is 0. The number of nitrogens with zero attached hydrogens (tertiary/aromatic N) is 3. The van der Waals surface area contributed by atoms with Gasteiger partial charge in [0.05, 0.1) is 0 Å². The molecular formula is C20H35Cl2N5O. The van der Waals surface area contributed by atoms with E-state index < -0.39 is 0 Å². The second-order valence-corrected chi connectivity index (χ2v) is 7.48. The molecule has 0 unspecified atom stereocenters. The van der Waals surface area contributed by atoms with E-state index in [9.17, 15) is 4.79 Å². The second-order valence-electron chi connectivity index (χ2n) is 7.48. The molecule has 8 heteroatoms. The van der Waals surface area contributed by atoms with Gasteiger partial charge in [-0.3, -0.25) is 9.69 Å². The van der Waals surface area contributed by atoms with Crippen molar-refractivity contribution in [1.82, 2.24) is 25.3 Å². The number of benzene rings is 1. The Hall–Kier alpha value is -0.890. The quantitative estimate of drug-likeness (QED) is 0.637. The summed E-state index contributed by atoms with van der Waals surface area (Å²) in [6, 6.07) is 8.09. The number of rotatable bonds is 7. The number of carbonyl (C=O) groups is 1. The SMILES string of the molecule is CN1CCN(Cc2cccc(C(=O)NCCCN3CCNCC3)c2)CC1.Cl.Cl. The average molecular weight is 432 g/mol. The molecule has 6 nitrogen and oxygen atoms in total. The smallest absolute Gasteiger partial charge is 0.251 e. The third-order valence-corrected chi connectivity index (χ3v) is 5.34. The summed E-state index contributed by atoms with van der Waals surface area (Å²) in [7, 11) is 2.17. The van der Waals surface area contributed by atoms with Gasteiger partial charge in [-0.25, -0.2) is 0 Å². The van der Waals surface area contributed by atoms with Gasteiger partial charge in [-0.1, -0.05) is 12.1 Å². The van der Waals surface area contributed by atoms with E-state index in [0.29, 0.717) is 0 Å². The molecule has 0 radical (unpaired) electrons. The fourth-order valence-corrected chi connectivity index (χ4v) is 3.62. The van der Waals surface area contributed by atoms with Crippen molar-refractivity contribution in [2.75, 3.05) is 72.5 Å². The van der Waals surface area contributed by atoms with Crippen molar-refractivity contribution in [2.24, 2.45) is 0 Å². The molecule has 28 heavy (non-hydrogen) atoms. The van der Waals surface area contributed by atoms with Gasteiger partial charge < -0.3 is 20.4 Å². The first kappa shape index (κ1) is 25.1. The normalized spacial score (nSPS) is 18.8. The van der Waals surface area contributed by atoms with Crippen molar-refractivity contribution in [2.45, 2.75) is 13.0 Å². The first-order chi connectivity index (χ1) is 12.7. The zero-order valence-corrected chi connectivity index (χ0v) is 18.5. The van der Waals surface area contributed by atoms with Crippen LogP contribution >= 0.6 is 24.8 Å². The predicted molar refractivity (Wildman–Crippen MR) is 120 cm³/mol. The molecule has 1 aromatic carbocycles. The van der Waals surface area contributed by atoms with Crippen molar-refractivity contribution in [3.8, 4) is 0 Å². The van der Waals surface area contributed by atoms with Crippen LogP contribution in [0, 0.1) is 0 Å². The first-order valence-corrected chi connectivity index (χ1v) is 9.92. The second kappa shape index (κ2) is 13.4. The van der Waals surface area contributed by atoms with E-state index in [1.807, 2.05) is 18.2 Å². The first-order valence-electron chi connectivity index (χ1n) is 9.92. The third kappa shape index (κ3) is 8.23. The number of carbonyl (C=O) groups excluding carboxylic acids is 1. The van der Waals surface area contributed by atoms with Crippen LogP contribution in [0.5, 0.6) is 0 Å². The standard InChI is InChI=1S/C20H33N5O.2ClH/c1-23-12-14-25(15-13-23)17-18-4-2-5-19(16-18)20(26)22-6-3-9-24-10-7-21-8-11-24;;/h2,4-5,16,21H,3,6-15,17H2,1H3,(H,22,26);2*1H. The predicted octanol–water partition coefficient (Wildman–Crippen LogP) is 1.30. The molecule has 1 aromatic rings. The molecule has 0 atom stereocenters. The molecule has 0 aromatic heterocycles. The van der Waals surface area contributed by atoms with Gasteiger partial charge in [0.25, 0.3) is 5.91 Å². The number of halogens is 2. The van der Waals surface area contributed by atoms with Crippen LogP contribution in [0.4, 0.5) is 0 Å². The molecule has 2 aliphatic rings. The minimum atomic E-state index is 0. The van der Waals surface area contributed by atoms with Gasteiger partial charge in [-0.15, -0.1) is 24.8 Å². The average Bonchev–Trinajstić information content (AvgIpc) is 2.68. The van der Waals surface area contributed by atoms with Crippen LogP contribution in [-0.2, 0) is 6.54 Å². The molecule has 2 N–H and O–H groups in total. The van der Waals surface area contributed by atoms with Crippen LogP contribution < -0.4 is 10.6 Å². The zero-order valence-electron chi connectivity index (χ0n) is 16.9. The van der Waals surface area contributed by atoms with Crippen molar-refractivity contribution >= 4 is 30.7 Å². The van der Waals surface area contributed by atoms with Crippen molar-refractivity contribution in [1.29, 1.82) is 0 Å². The molecule has 0 aliphatic carbocycles. The molecular weight excluding hydrogens is 397 g/mol. The number of nitrogens with one attached hydrogen (secondary N) is 2. The van der Waals surface area contributed by atoms with Crippen LogP contribution in [0.15, 0.2) is 24.3 Å². The third-order valence-electron chi connectivity index (χ3n) is 5.34. The summed E-state index contributed by atoms with van der Waals surface area (Å²) < 4.78 is 0. The molecule has 2 aliphatic heterocycles. The molecule has 3 rings (SSSR count). The maximum Gasteiger partial charge on any atom is 0.251 e. The molecule has 2 heterocycles. The lowest BCUT2D eigenvalue weighted by molar-refractivity contribution is 0.0951. The van der Waals surface area contributed by atoms with Crippen molar-refractivity contribution in [3.63, 3.8) is 0 Å². The Bertz CT molecular complexity index is 575. The van der Waals surface area contributed by atoms with Gasteiger partial charge in [0.1, 0.15) is 0 Å². The highest BCUT2D eigenvalue weighted by molar-refractivity contribution is 5.94. The van der Waals surface area contributed by atoms with Crippen LogP contribution in [0.25, 0.3) is 0 Å². The summed E-state index contributed by atoms with van der Waals surface area (Å²) in [5.74, 6) is 0.0468. The Kier molecular flexibility index (Phi) is 12.0. The Balaban J connectivity index is 0.00000196. The summed E-state index contributed by atoms with van der Waals surface area (Å²) in [6.45, 7) is 11.5. The largest absolute Gasteiger partial charge is 0.352 e. The van der Waals surface area contributed by atoms with E-state index in [1.54, 1.807) is 0 Å². The fourth-order valence-electron chi connectivity index (χ4n) is 3.62. The molecule has 0 bridgehead atoms. The monoisotopic (exact) mass is 431 g/mol. The van der Waals surface area contributed by atoms with E-state index >= 15 is 0 Å². The highest BCUT2D eigenvalue weighted by Crippen LogP contribution is 2.10. The van der Waals surface area contributed by atoms with E-state index in [-0.39, 0.29) is 30.7 Å². The lowest BCUT2D eigenvalue weighted by Crippen LogP contribution is -2.44. The Morgan fingerprint density at radius 3 is 2.46 bits per heavy atom. The number of piperazine rings is 2. The van der Waals surface area contributed by atoms with E-state index in [0.717, 1.165) is 84.0 Å². The molecule has 2 saturated heterocycles. The molecule has 1 amide bonds. The number of hydrogen-bond acceptors (Lipinski definition) is 5. The zero-order chi connectivity index (χ0) is 18.2. The van der Waals surface area contributed by atoms with Gasteiger partial charge >= 0.3 is 0 Å². The fraction of sp³-hybridized carbons (Fsp3) is 0.650. The van der Waals surface area contributed by atoms with Gasteiger partial charge in [0.2, 0.25) is 0 Å². The Morgan fingerprint density at radius 2 is 1.75 bits per heavy atom. The van der Waals surface area contributed by atoms with Crippen LogP contribution in [-0.4, -0.2) is 93.1 Å². The maximum absolute atomic E-state index is 12.4. The molecule has 0 saturated carbocycles. The van der Waals surface area contributed by atoms with Gasteiger partial charge in [0.15, 0.2) is 0 Å². The van der Waals surface area contributed by atoms with Gasteiger partial charge in [0, 0.05) is 71.0 Å². The summed E-state index contributed by atoms with van der Waals surface area (Å²) in [4.78, 5) is 19.7. The lowest BCUT2D eigenvalue weighted by Gasteiger charge is -2.32. The molecule has 160 valence electrons. The Labute approximate surface area is 181 Å². The number of amides is 1. The highest BCUT2D eigenvalue weighted by Gasteiger charge is 2.15. The Morgan fingerprint density at radius 1 is 1.04 bits per heavy atom. The van der Waals surface area contributed by atoms with Gasteiger partial charge in [-0.05, 0) is 37.7 Å². The highest BCUT2D eigenvalue weighted by atomic mass is 35.5. The summed E-state index contributed by atoms with van der Waals surface area (Å²) in [5.41, 5.74) is 2.00. The van der Waals surface area contributed by atoms with Gasteiger partial charge in [-0.2, -0.15) is 0 Å². The number of hydrogen-bond donors (Lipinski definition) is 2. The number of likely N-dealkylation sites (N-methyl/N-ethyl adjacent to an activating group) is 1. The maximum atomic E-state index is 12.4. The molecule has 2 fully saturated rings. The lowest BCUT2D eigenvalue weighted by atomic mass is 10.1.